The molecule has 0 N–H and O–H groups in total. The number of anilines is 1. The summed E-state index contributed by atoms with van der Waals surface area (Å²) in [5.41, 5.74) is 2.90. The third-order valence-corrected chi connectivity index (χ3v) is 3.17. The lowest BCUT2D eigenvalue weighted by Crippen LogP contribution is -2.15. The number of Topliss-reactive ketones (excluding diaryl/α,β-unsaturated/α-hetero) is 2. The van der Waals surface area contributed by atoms with Crippen molar-refractivity contribution in [1.82, 2.24) is 0 Å². The van der Waals surface area contributed by atoms with Crippen LogP contribution in [-0.2, 0) is 0 Å². The quantitative estimate of drug-likeness (QED) is 0.631. The van der Waals surface area contributed by atoms with E-state index in [1.165, 1.54) is 0 Å². The minimum atomic E-state index is -0.473. The predicted molar refractivity (Wildman–Crippen MR) is 80.6 cm³/mol. The van der Waals surface area contributed by atoms with Crippen LogP contribution in [0.3, 0.4) is 0 Å². The zero-order valence-electron chi connectivity index (χ0n) is 11.9. The molecular weight excluding hydrogens is 250 g/mol. The van der Waals surface area contributed by atoms with Crippen molar-refractivity contribution in [2.24, 2.45) is 0 Å². The summed E-state index contributed by atoms with van der Waals surface area (Å²) in [6, 6.07) is 14.1. The summed E-state index contributed by atoms with van der Waals surface area (Å²) in [5.74, 6) is -0.943. The molecule has 102 valence electrons. The highest BCUT2D eigenvalue weighted by Gasteiger charge is 2.18. The van der Waals surface area contributed by atoms with Gasteiger partial charge in [0.15, 0.2) is 0 Å². The van der Waals surface area contributed by atoms with Crippen molar-refractivity contribution in [1.29, 1.82) is 0 Å². The van der Waals surface area contributed by atoms with Crippen LogP contribution >= 0.6 is 0 Å². The maximum absolute atomic E-state index is 12.1. The molecule has 0 saturated carbocycles. The van der Waals surface area contributed by atoms with Gasteiger partial charge in [0.2, 0.25) is 11.6 Å². The zero-order valence-corrected chi connectivity index (χ0v) is 11.9. The molecule has 0 aliphatic carbocycles. The fourth-order valence-electron chi connectivity index (χ4n) is 1.88. The highest BCUT2D eigenvalue weighted by molar-refractivity contribution is 6.49. The number of benzene rings is 2. The van der Waals surface area contributed by atoms with Gasteiger partial charge in [0.25, 0.3) is 0 Å². The van der Waals surface area contributed by atoms with Gasteiger partial charge in [0.1, 0.15) is 0 Å². The predicted octanol–water partition coefficient (Wildman–Crippen LogP) is 3.13. The van der Waals surface area contributed by atoms with E-state index in [0.717, 1.165) is 11.3 Å². The Hall–Kier alpha value is -2.42. The van der Waals surface area contributed by atoms with Gasteiger partial charge < -0.3 is 4.90 Å². The van der Waals surface area contributed by atoms with Crippen LogP contribution in [-0.4, -0.2) is 25.7 Å². The molecule has 2 aromatic carbocycles. The van der Waals surface area contributed by atoms with Crippen LogP contribution in [0.25, 0.3) is 0 Å². The molecule has 0 radical (unpaired) electrons. The number of aryl methyl sites for hydroxylation is 1. The second kappa shape index (κ2) is 5.70. The molecule has 3 heteroatoms. The van der Waals surface area contributed by atoms with Gasteiger partial charge in [-0.1, -0.05) is 29.8 Å². The van der Waals surface area contributed by atoms with Gasteiger partial charge in [-0.05, 0) is 31.2 Å². The molecule has 0 aliphatic rings. The summed E-state index contributed by atoms with van der Waals surface area (Å²) in [7, 11) is 3.85. The van der Waals surface area contributed by atoms with E-state index in [-0.39, 0.29) is 0 Å². The first kappa shape index (κ1) is 14.0. The van der Waals surface area contributed by atoms with E-state index in [2.05, 4.69) is 0 Å². The summed E-state index contributed by atoms with van der Waals surface area (Å²) < 4.78 is 0. The van der Waals surface area contributed by atoms with E-state index in [0.29, 0.717) is 11.1 Å². The Kier molecular flexibility index (Phi) is 3.99. The van der Waals surface area contributed by atoms with E-state index in [4.69, 9.17) is 0 Å². The highest BCUT2D eigenvalue weighted by Crippen LogP contribution is 2.14. The lowest BCUT2D eigenvalue weighted by molar-refractivity contribution is 0.0817. The Balaban J connectivity index is 2.22. The molecule has 0 unspecified atom stereocenters. The molecule has 0 spiro atoms. The molecule has 2 aromatic rings. The fraction of sp³-hybridized carbons (Fsp3) is 0.176. The Morgan fingerprint density at radius 3 is 1.55 bits per heavy atom. The van der Waals surface area contributed by atoms with E-state index in [1.54, 1.807) is 24.3 Å². The summed E-state index contributed by atoms with van der Waals surface area (Å²) in [6.45, 7) is 1.94. The van der Waals surface area contributed by atoms with Crippen molar-refractivity contribution in [2.45, 2.75) is 6.92 Å². The van der Waals surface area contributed by atoms with Gasteiger partial charge in [0, 0.05) is 30.9 Å². The van der Waals surface area contributed by atoms with E-state index in [9.17, 15) is 9.59 Å². The normalized spacial score (nSPS) is 10.2. The minimum absolute atomic E-state index is 0.418. The number of hydrogen-bond donors (Lipinski definition) is 0. The third kappa shape index (κ3) is 2.94. The van der Waals surface area contributed by atoms with E-state index < -0.39 is 11.6 Å². The SMILES string of the molecule is Cc1ccc(C(=O)C(=O)c2ccc(N(C)C)cc2)cc1. The molecule has 0 saturated heterocycles. The Morgan fingerprint density at radius 2 is 1.15 bits per heavy atom. The number of hydrogen-bond acceptors (Lipinski definition) is 3. The van der Waals surface area contributed by atoms with E-state index in [1.807, 2.05) is 50.2 Å². The van der Waals surface area contributed by atoms with Crippen LogP contribution in [0.2, 0.25) is 0 Å². The summed E-state index contributed by atoms with van der Waals surface area (Å²) in [4.78, 5) is 26.2. The molecular formula is C17H17NO2. The maximum Gasteiger partial charge on any atom is 0.233 e. The van der Waals surface area contributed by atoms with Crippen LogP contribution < -0.4 is 4.90 Å². The largest absolute Gasteiger partial charge is 0.378 e. The fourth-order valence-corrected chi connectivity index (χ4v) is 1.88. The van der Waals surface area contributed by atoms with Gasteiger partial charge in [0.05, 0.1) is 0 Å². The van der Waals surface area contributed by atoms with Crippen molar-refractivity contribution >= 4 is 17.3 Å². The third-order valence-electron chi connectivity index (χ3n) is 3.17. The van der Waals surface area contributed by atoms with Gasteiger partial charge in [-0.25, -0.2) is 0 Å². The number of rotatable bonds is 4. The summed E-state index contributed by atoms with van der Waals surface area (Å²) in [5, 5.41) is 0. The first-order valence-electron chi connectivity index (χ1n) is 6.42. The van der Waals surface area contributed by atoms with Crippen molar-refractivity contribution in [3.05, 3.63) is 65.2 Å². The van der Waals surface area contributed by atoms with Gasteiger partial charge >= 0.3 is 0 Å². The minimum Gasteiger partial charge on any atom is -0.378 e. The average Bonchev–Trinajstić information content (AvgIpc) is 2.46. The second-order valence-electron chi connectivity index (χ2n) is 4.97. The molecule has 0 aliphatic heterocycles. The lowest BCUT2D eigenvalue weighted by Gasteiger charge is -2.12. The molecule has 0 bridgehead atoms. The smallest absolute Gasteiger partial charge is 0.233 e. The first-order valence-corrected chi connectivity index (χ1v) is 6.42. The number of carbonyl (C=O) groups is 2. The van der Waals surface area contributed by atoms with Crippen LogP contribution in [0.4, 0.5) is 5.69 Å². The van der Waals surface area contributed by atoms with Crippen molar-refractivity contribution < 1.29 is 9.59 Å². The Morgan fingerprint density at radius 1 is 0.750 bits per heavy atom. The van der Waals surface area contributed by atoms with E-state index >= 15 is 0 Å². The topological polar surface area (TPSA) is 37.4 Å². The molecule has 0 aromatic heterocycles. The Labute approximate surface area is 118 Å². The number of ketones is 2. The zero-order chi connectivity index (χ0) is 14.7. The second-order valence-corrected chi connectivity index (χ2v) is 4.97. The van der Waals surface area contributed by atoms with Crippen LogP contribution in [0, 0.1) is 6.92 Å². The molecule has 2 rings (SSSR count). The number of carbonyl (C=O) groups excluding carboxylic acids is 2. The summed E-state index contributed by atoms with van der Waals surface area (Å²) in [6.07, 6.45) is 0. The van der Waals surface area contributed by atoms with Crippen LogP contribution in [0.5, 0.6) is 0 Å². The first-order chi connectivity index (χ1) is 9.49. The van der Waals surface area contributed by atoms with Gasteiger partial charge in [-0.2, -0.15) is 0 Å². The van der Waals surface area contributed by atoms with Gasteiger partial charge in [-0.15, -0.1) is 0 Å². The van der Waals surface area contributed by atoms with Gasteiger partial charge in [-0.3, -0.25) is 9.59 Å². The monoisotopic (exact) mass is 267 g/mol. The molecule has 3 nitrogen and oxygen atoms in total. The lowest BCUT2D eigenvalue weighted by atomic mass is 10.0. The van der Waals surface area contributed by atoms with Crippen LogP contribution in [0.15, 0.2) is 48.5 Å². The average molecular weight is 267 g/mol. The molecule has 0 atom stereocenters. The molecule has 20 heavy (non-hydrogen) atoms. The Bertz CT molecular complexity index is 625. The van der Waals surface area contributed by atoms with Crippen molar-refractivity contribution in [3.8, 4) is 0 Å². The molecule has 0 heterocycles. The van der Waals surface area contributed by atoms with Crippen LogP contribution in [0.1, 0.15) is 26.3 Å². The molecule has 0 fully saturated rings. The van der Waals surface area contributed by atoms with Crippen molar-refractivity contribution in [2.75, 3.05) is 19.0 Å². The maximum atomic E-state index is 12.1. The highest BCUT2D eigenvalue weighted by atomic mass is 16.2. The number of nitrogens with zero attached hydrogens (tertiary/aromatic N) is 1. The standard InChI is InChI=1S/C17H17NO2/c1-12-4-6-13(7-5-12)16(19)17(20)14-8-10-15(11-9-14)18(2)3/h4-11H,1-3H3. The van der Waals surface area contributed by atoms with Crippen molar-refractivity contribution in [3.63, 3.8) is 0 Å². The summed E-state index contributed by atoms with van der Waals surface area (Å²) >= 11 is 0. The molecule has 0 amide bonds.